The Labute approximate surface area is 178 Å². The van der Waals surface area contributed by atoms with Gasteiger partial charge in [0.2, 0.25) is 5.91 Å². The molecule has 1 heterocycles. The Bertz CT molecular complexity index is 1120. The Morgan fingerprint density at radius 3 is 2.48 bits per heavy atom. The molecule has 0 atom stereocenters. The first-order valence-electron chi connectivity index (χ1n) is 9.68. The molecule has 1 fully saturated rings. The molecule has 1 aliphatic carbocycles. The third kappa shape index (κ3) is 4.63. The molecule has 0 spiro atoms. The van der Waals surface area contributed by atoms with E-state index in [2.05, 4.69) is 10.3 Å². The van der Waals surface area contributed by atoms with Gasteiger partial charge in [0.25, 0.3) is 0 Å². The van der Waals surface area contributed by atoms with Crippen LogP contribution in [0, 0.1) is 11.2 Å². The van der Waals surface area contributed by atoms with Crippen molar-refractivity contribution in [2.24, 2.45) is 5.41 Å². The van der Waals surface area contributed by atoms with E-state index in [-0.39, 0.29) is 23.9 Å². The van der Waals surface area contributed by atoms with Gasteiger partial charge in [-0.1, -0.05) is 30.3 Å². The number of pyridine rings is 1. The molecule has 1 aromatic heterocycles. The molecule has 3 aromatic rings. The molecule has 158 valence electrons. The van der Waals surface area contributed by atoms with E-state index in [1.54, 1.807) is 6.07 Å². The summed E-state index contributed by atoms with van der Waals surface area (Å²) in [7, 11) is 0. The maximum atomic E-state index is 14.5. The molecule has 31 heavy (non-hydrogen) atoms. The van der Waals surface area contributed by atoms with Crippen LogP contribution in [-0.4, -0.2) is 16.9 Å². The van der Waals surface area contributed by atoms with Crippen LogP contribution < -0.4 is 15.8 Å². The molecular weight excluding hydrogens is 401 g/mol. The SMILES string of the molecule is Nc1cc(Oc2ccc(NC(=O)C3(C(=O)OCc4ccccc4)CC3)c(F)c2)ccn1. The van der Waals surface area contributed by atoms with Gasteiger partial charge in [0, 0.05) is 18.3 Å². The minimum Gasteiger partial charge on any atom is -0.460 e. The Kier molecular flexibility index (Phi) is 5.53. The van der Waals surface area contributed by atoms with Gasteiger partial charge in [-0.05, 0) is 36.6 Å². The molecule has 4 rings (SSSR count). The lowest BCUT2D eigenvalue weighted by Crippen LogP contribution is -2.33. The zero-order valence-corrected chi connectivity index (χ0v) is 16.5. The minimum absolute atomic E-state index is 0.0475. The van der Waals surface area contributed by atoms with Crippen molar-refractivity contribution in [1.82, 2.24) is 4.98 Å². The highest BCUT2D eigenvalue weighted by atomic mass is 19.1. The highest BCUT2D eigenvalue weighted by molar-refractivity contribution is 6.11. The van der Waals surface area contributed by atoms with Gasteiger partial charge in [0.05, 0.1) is 5.69 Å². The number of carbonyl (C=O) groups is 2. The van der Waals surface area contributed by atoms with E-state index in [4.69, 9.17) is 15.2 Å². The summed E-state index contributed by atoms with van der Waals surface area (Å²) < 4.78 is 25.4. The number of nitrogen functional groups attached to an aromatic ring is 1. The monoisotopic (exact) mass is 421 g/mol. The van der Waals surface area contributed by atoms with Gasteiger partial charge in [-0.25, -0.2) is 9.37 Å². The van der Waals surface area contributed by atoms with Crippen molar-refractivity contribution >= 4 is 23.4 Å². The molecule has 0 unspecified atom stereocenters. The number of anilines is 2. The van der Waals surface area contributed by atoms with Crippen molar-refractivity contribution in [3.63, 3.8) is 0 Å². The van der Waals surface area contributed by atoms with Crippen molar-refractivity contribution < 1.29 is 23.5 Å². The van der Waals surface area contributed by atoms with Crippen molar-refractivity contribution in [3.8, 4) is 11.5 Å². The van der Waals surface area contributed by atoms with Crippen LogP contribution in [0.5, 0.6) is 11.5 Å². The summed E-state index contributed by atoms with van der Waals surface area (Å²) in [5.41, 5.74) is 5.10. The maximum Gasteiger partial charge on any atom is 0.321 e. The van der Waals surface area contributed by atoms with Gasteiger partial charge in [0.15, 0.2) is 0 Å². The Balaban J connectivity index is 1.39. The second-order valence-electron chi connectivity index (χ2n) is 7.26. The largest absolute Gasteiger partial charge is 0.460 e. The molecule has 2 aromatic carbocycles. The number of hydrogen-bond acceptors (Lipinski definition) is 6. The Hall–Kier alpha value is -3.94. The van der Waals surface area contributed by atoms with E-state index in [1.165, 1.54) is 24.4 Å². The van der Waals surface area contributed by atoms with Crippen LogP contribution in [0.4, 0.5) is 15.9 Å². The Morgan fingerprint density at radius 1 is 1.06 bits per heavy atom. The Morgan fingerprint density at radius 2 is 1.81 bits per heavy atom. The molecule has 0 aliphatic heterocycles. The second-order valence-corrected chi connectivity index (χ2v) is 7.26. The molecular formula is C23H20FN3O4. The number of amides is 1. The number of nitrogens with zero attached hydrogens (tertiary/aromatic N) is 1. The van der Waals surface area contributed by atoms with Crippen molar-refractivity contribution in [2.45, 2.75) is 19.4 Å². The van der Waals surface area contributed by atoms with Crippen LogP contribution in [0.2, 0.25) is 0 Å². The van der Waals surface area contributed by atoms with Crippen LogP contribution in [0.1, 0.15) is 18.4 Å². The highest BCUT2D eigenvalue weighted by Gasteiger charge is 2.58. The normalized spacial score (nSPS) is 13.8. The van der Waals surface area contributed by atoms with Gasteiger partial charge in [0.1, 0.15) is 35.2 Å². The van der Waals surface area contributed by atoms with E-state index in [0.29, 0.717) is 18.6 Å². The summed E-state index contributed by atoms with van der Waals surface area (Å²) in [5, 5.41) is 2.49. The number of ether oxygens (including phenoxy) is 2. The number of hydrogen-bond donors (Lipinski definition) is 2. The first kappa shape index (κ1) is 20.3. The number of esters is 1. The van der Waals surface area contributed by atoms with Crippen LogP contribution in [0.15, 0.2) is 66.9 Å². The topological polar surface area (TPSA) is 104 Å². The van der Waals surface area contributed by atoms with E-state index in [9.17, 15) is 14.0 Å². The summed E-state index contributed by atoms with van der Waals surface area (Å²) >= 11 is 0. The summed E-state index contributed by atoms with van der Waals surface area (Å²) in [6.45, 7) is 0.0780. The third-order valence-corrected chi connectivity index (χ3v) is 4.97. The fraction of sp³-hybridized carbons (Fsp3) is 0.174. The maximum absolute atomic E-state index is 14.5. The molecule has 1 aliphatic rings. The quantitative estimate of drug-likeness (QED) is 0.441. The molecule has 0 radical (unpaired) electrons. The predicted molar refractivity (Wildman–Crippen MR) is 112 cm³/mol. The number of aromatic nitrogens is 1. The van der Waals surface area contributed by atoms with E-state index >= 15 is 0 Å². The van der Waals surface area contributed by atoms with Gasteiger partial charge in [-0.2, -0.15) is 0 Å². The minimum atomic E-state index is -1.27. The van der Waals surface area contributed by atoms with Crippen molar-refractivity contribution in [3.05, 3.63) is 78.2 Å². The summed E-state index contributed by atoms with van der Waals surface area (Å²) in [4.78, 5) is 29.0. The standard InChI is InChI=1S/C23H20FN3O4/c24-18-12-16(31-17-8-11-26-20(25)13-17)6-7-19(18)27-21(28)23(9-10-23)22(29)30-14-15-4-2-1-3-5-15/h1-8,11-13H,9-10,14H2,(H2,25,26)(H,27,28). The van der Waals surface area contributed by atoms with E-state index < -0.39 is 23.1 Å². The molecule has 1 amide bonds. The fourth-order valence-electron chi connectivity index (χ4n) is 3.04. The fourth-order valence-corrected chi connectivity index (χ4v) is 3.04. The van der Waals surface area contributed by atoms with Gasteiger partial charge in [-0.15, -0.1) is 0 Å². The highest BCUT2D eigenvalue weighted by Crippen LogP contribution is 2.48. The molecule has 1 saturated carbocycles. The number of benzene rings is 2. The molecule has 0 saturated heterocycles. The second kappa shape index (κ2) is 8.43. The lowest BCUT2D eigenvalue weighted by Gasteiger charge is -2.15. The lowest BCUT2D eigenvalue weighted by atomic mass is 10.1. The predicted octanol–water partition coefficient (Wildman–Crippen LogP) is 4.06. The smallest absolute Gasteiger partial charge is 0.321 e. The van der Waals surface area contributed by atoms with Crippen LogP contribution in [-0.2, 0) is 20.9 Å². The van der Waals surface area contributed by atoms with Gasteiger partial charge in [-0.3, -0.25) is 9.59 Å². The van der Waals surface area contributed by atoms with Crippen LogP contribution in [0.25, 0.3) is 0 Å². The lowest BCUT2D eigenvalue weighted by molar-refractivity contribution is -0.154. The van der Waals surface area contributed by atoms with Gasteiger partial charge < -0.3 is 20.5 Å². The number of halogens is 1. The molecule has 7 nitrogen and oxygen atoms in total. The zero-order chi connectivity index (χ0) is 21.8. The summed E-state index contributed by atoms with van der Waals surface area (Å²) in [5.74, 6) is -0.979. The molecule has 0 bridgehead atoms. The molecule has 3 N–H and O–H groups in total. The number of rotatable bonds is 7. The van der Waals surface area contributed by atoms with Crippen molar-refractivity contribution in [2.75, 3.05) is 11.1 Å². The van der Waals surface area contributed by atoms with Crippen molar-refractivity contribution in [1.29, 1.82) is 0 Å². The van der Waals surface area contributed by atoms with Crippen LogP contribution >= 0.6 is 0 Å². The first-order valence-corrected chi connectivity index (χ1v) is 9.68. The zero-order valence-electron chi connectivity index (χ0n) is 16.5. The average molecular weight is 421 g/mol. The van der Waals surface area contributed by atoms with E-state index in [0.717, 1.165) is 11.6 Å². The summed E-state index contributed by atoms with van der Waals surface area (Å²) in [6.07, 6.45) is 2.19. The van der Waals surface area contributed by atoms with Crippen LogP contribution in [0.3, 0.4) is 0 Å². The number of carbonyl (C=O) groups excluding carboxylic acids is 2. The number of nitrogens with one attached hydrogen (secondary N) is 1. The molecule has 8 heteroatoms. The number of nitrogens with two attached hydrogens (primary N) is 1. The van der Waals surface area contributed by atoms with E-state index in [1.807, 2.05) is 30.3 Å². The van der Waals surface area contributed by atoms with Gasteiger partial charge >= 0.3 is 5.97 Å². The third-order valence-electron chi connectivity index (χ3n) is 4.97. The average Bonchev–Trinajstić information content (AvgIpc) is 3.57. The first-order chi connectivity index (χ1) is 15.0. The summed E-state index contributed by atoms with van der Waals surface area (Å²) in [6, 6.07) is 16.3.